The number of amides is 1. The van der Waals surface area contributed by atoms with Crippen LogP contribution >= 0.6 is 0 Å². The second-order valence-corrected chi connectivity index (χ2v) is 8.83. The Labute approximate surface area is 208 Å². The molecule has 0 bridgehead atoms. The number of hydrogen-bond acceptors (Lipinski definition) is 5. The average molecular weight is 484 g/mol. The quantitative estimate of drug-likeness (QED) is 0.428. The van der Waals surface area contributed by atoms with E-state index in [2.05, 4.69) is 9.88 Å². The van der Waals surface area contributed by atoms with Gasteiger partial charge >= 0.3 is 0 Å². The zero-order valence-electron chi connectivity index (χ0n) is 19.6. The Balaban J connectivity index is 1.44. The second-order valence-electron chi connectivity index (χ2n) is 8.83. The van der Waals surface area contributed by atoms with E-state index in [0.29, 0.717) is 31.7 Å². The molecule has 0 atom stereocenters. The molecule has 1 fully saturated rings. The van der Waals surface area contributed by atoms with Crippen molar-refractivity contribution >= 4 is 11.6 Å². The van der Waals surface area contributed by atoms with Gasteiger partial charge in [-0.05, 0) is 71.3 Å². The Morgan fingerprint density at radius 3 is 1.89 bits per heavy atom. The van der Waals surface area contributed by atoms with Crippen LogP contribution in [0.3, 0.4) is 0 Å². The molecule has 1 aromatic heterocycles. The minimum absolute atomic E-state index is 0.0753. The number of aromatic nitrogens is 1. The molecule has 6 nitrogen and oxygen atoms in total. The second kappa shape index (κ2) is 10.1. The molecular formula is C29H26FN3O3. The van der Waals surface area contributed by atoms with Crippen LogP contribution in [0.5, 0.6) is 11.5 Å². The van der Waals surface area contributed by atoms with E-state index < -0.39 is 0 Å². The Morgan fingerprint density at radius 2 is 1.33 bits per heavy atom. The van der Waals surface area contributed by atoms with Gasteiger partial charge in [-0.15, -0.1) is 0 Å². The van der Waals surface area contributed by atoms with Gasteiger partial charge in [0.25, 0.3) is 5.91 Å². The maximum Gasteiger partial charge on any atom is 0.254 e. The fourth-order valence-corrected chi connectivity index (χ4v) is 4.71. The van der Waals surface area contributed by atoms with E-state index >= 15 is 0 Å². The monoisotopic (exact) mass is 483 g/mol. The summed E-state index contributed by atoms with van der Waals surface area (Å²) in [4.78, 5) is 22.0. The van der Waals surface area contributed by atoms with Crippen molar-refractivity contribution in [1.82, 2.24) is 9.88 Å². The molecule has 36 heavy (non-hydrogen) atoms. The molecule has 3 aromatic carbocycles. The molecule has 7 heteroatoms. The Bertz CT molecular complexity index is 1290. The average Bonchev–Trinajstić information content (AvgIpc) is 2.91. The first-order valence-corrected chi connectivity index (χ1v) is 11.8. The smallest absolute Gasteiger partial charge is 0.254 e. The topological polar surface area (TPSA) is 76.9 Å². The highest BCUT2D eigenvalue weighted by atomic mass is 19.1. The predicted octanol–water partition coefficient (Wildman–Crippen LogP) is 4.77. The molecule has 0 aliphatic carbocycles. The van der Waals surface area contributed by atoms with Crippen LogP contribution in [0, 0.1) is 5.82 Å². The van der Waals surface area contributed by atoms with Gasteiger partial charge in [0.05, 0.1) is 0 Å². The molecule has 1 aliphatic heterocycles. The molecule has 2 heterocycles. The number of benzene rings is 3. The van der Waals surface area contributed by atoms with Crippen LogP contribution in [0.1, 0.15) is 33.0 Å². The largest absolute Gasteiger partial charge is 0.508 e. The number of nitrogens with zero attached hydrogens (tertiary/aromatic N) is 3. The summed E-state index contributed by atoms with van der Waals surface area (Å²) in [6, 6.07) is 22.0. The molecule has 1 amide bonds. The molecular weight excluding hydrogens is 457 g/mol. The standard InChI is InChI=1S/C29H26FN3O3/c30-22-5-7-23(8-6-22)32-15-17-33(18-16-32)29(36)26-13-14-31-19-27(26)28(20-1-9-24(34)10-2-20)21-3-11-25(35)12-4-21/h1-14,19,28,34-35H,15-18H2. The highest BCUT2D eigenvalue weighted by Gasteiger charge is 2.28. The number of phenols is 2. The van der Waals surface area contributed by atoms with E-state index in [-0.39, 0.29) is 29.1 Å². The molecule has 5 rings (SSSR count). The summed E-state index contributed by atoms with van der Waals surface area (Å²) in [7, 11) is 0. The van der Waals surface area contributed by atoms with Crippen molar-refractivity contribution in [3.05, 3.63) is 119 Å². The molecule has 2 N–H and O–H groups in total. The normalized spacial score (nSPS) is 13.7. The molecule has 0 radical (unpaired) electrons. The van der Waals surface area contributed by atoms with Crippen molar-refractivity contribution in [2.75, 3.05) is 31.1 Å². The number of carbonyl (C=O) groups excluding carboxylic acids is 1. The number of halogens is 1. The summed E-state index contributed by atoms with van der Waals surface area (Å²) in [6.07, 6.45) is 3.34. The van der Waals surface area contributed by atoms with E-state index in [1.165, 1.54) is 12.1 Å². The molecule has 0 unspecified atom stereocenters. The summed E-state index contributed by atoms with van der Waals surface area (Å²) in [5.74, 6) is -0.350. The first kappa shape index (κ1) is 23.4. The van der Waals surface area contributed by atoms with Crippen LogP contribution in [0.25, 0.3) is 0 Å². The summed E-state index contributed by atoms with van der Waals surface area (Å²) in [5, 5.41) is 19.6. The lowest BCUT2D eigenvalue weighted by atomic mass is 9.83. The Kier molecular flexibility index (Phi) is 6.54. The molecule has 1 aliphatic rings. The number of phenolic OH excluding ortho intramolecular Hbond substituents is 2. The lowest BCUT2D eigenvalue weighted by Gasteiger charge is -2.36. The fourth-order valence-electron chi connectivity index (χ4n) is 4.71. The lowest BCUT2D eigenvalue weighted by Crippen LogP contribution is -2.49. The van der Waals surface area contributed by atoms with Crippen LogP contribution < -0.4 is 4.90 Å². The van der Waals surface area contributed by atoms with Crippen LogP contribution in [-0.2, 0) is 0 Å². The Hall–Kier alpha value is -4.39. The molecule has 0 saturated carbocycles. The van der Waals surface area contributed by atoms with Crippen molar-refractivity contribution < 1.29 is 19.4 Å². The maximum atomic E-state index is 13.7. The van der Waals surface area contributed by atoms with Gasteiger partial charge in [0.1, 0.15) is 17.3 Å². The molecule has 4 aromatic rings. The van der Waals surface area contributed by atoms with E-state index in [0.717, 1.165) is 22.4 Å². The van der Waals surface area contributed by atoms with Gasteiger partial charge in [-0.25, -0.2) is 4.39 Å². The maximum absolute atomic E-state index is 13.7. The fraction of sp³-hybridized carbons (Fsp3) is 0.172. The number of carbonyl (C=O) groups is 1. The summed E-state index contributed by atoms with van der Waals surface area (Å²) in [6.45, 7) is 2.39. The van der Waals surface area contributed by atoms with Gasteiger partial charge in [-0.2, -0.15) is 0 Å². The van der Waals surface area contributed by atoms with E-state index in [1.807, 2.05) is 29.2 Å². The first-order valence-electron chi connectivity index (χ1n) is 11.8. The van der Waals surface area contributed by atoms with Crippen molar-refractivity contribution in [2.24, 2.45) is 0 Å². The number of aromatic hydroxyl groups is 2. The summed E-state index contributed by atoms with van der Waals surface area (Å²) >= 11 is 0. The van der Waals surface area contributed by atoms with E-state index in [4.69, 9.17) is 0 Å². The van der Waals surface area contributed by atoms with Gasteiger partial charge in [0.15, 0.2) is 0 Å². The van der Waals surface area contributed by atoms with Crippen molar-refractivity contribution in [3.8, 4) is 11.5 Å². The van der Waals surface area contributed by atoms with E-state index in [1.54, 1.807) is 54.9 Å². The third-order valence-corrected chi connectivity index (χ3v) is 6.60. The highest BCUT2D eigenvalue weighted by molar-refractivity contribution is 5.96. The minimum Gasteiger partial charge on any atom is -0.508 e. The number of pyridine rings is 1. The number of piperazine rings is 1. The summed E-state index contributed by atoms with van der Waals surface area (Å²) in [5.41, 5.74) is 4.03. The SMILES string of the molecule is O=C(c1ccncc1C(c1ccc(O)cc1)c1ccc(O)cc1)N1CCN(c2ccc(F)cc2)CC1. The van der Waals surface area contributed by atoms with Crippen molar-refractivity contribution in [3.63, 3.8) is 0 Å². The molecule has 182 valence electrons. The third-order valence-electron chi connectivity index (χ3n) is 6.60. The van der Waals surface area contributed by atoms with Gasteiger partial charge in [0, 0.05) is 55.7 Å². The zero-order chi connectivity index (χ0) is 25.1. The third kappa shape index (κ3) is 4.86. The van der Waals surface area contributed by atoms with E-state index in [9.17, 15) is 19.4 Å². The number of anilines is 1. The summed E-state index contributed by atoms with van der Waals surface area (Å²) < 4.78 is 13.3. The first-order chi connectivity index (χ1) is 17.5. The number of rotatable bonds is 5. The number of hydrogen-bond donors (Lipinski definition) is 2. The highest BCUT2D eigenvalue weighted by Crippen LogP contribution is 2.35. The van der Waals surface area contributed by atoms with Gasteiger partial charge < -0.3 is 20.0 Å². The van der Waals surface area contributed by atoms with Crippen LogP contribution in [-0.4, -0.2) is 52.2 Å². The lowest BCUT2D eigenvalue weighted by molar-refractivity contribution is 0.0745. The predicted molar refractivity (Wildman–Crippen MR) is 136 cm³/mol. The van der Waals surface area contributed by atoms with Crippen LogP contribution in [0.15, 0.2) is 91.3 Å². The van der Waals surface area contributed by atoms with Crippen LogP contribution in [0.4, 0.5) is 10.1 Å². The minimum atomic E-state index is -0.320. The van der Waals surface area contributed by atoms with Crippen molar-refractivity contribution in [1.29, 1.82) is 0 Å². The van der Waals surface area contributed by atoms with Gasteiger partial charge in [0.2, 0.25) is 0 Å². The zero-order valence-corrected chi connectivity index (χ0v) is 19.6. The molecule has 1 saturated heterocycles. The van der Waals surface area contributed by atoms with Gasteiger partial charge in [-0.3, -0.25) is 9.78 Å². The Morgan fingerprint density at radius 1 is 0.778 bits per heavy atom. The van der Waals surface area contributed by atoms with Crippen LogP contribution in [0.2, 0.25) is 0 Å². The molecule has 0 spiro atoms. The van der Waals surface area contributed by atoms with Crippen molar-refractivity contribution in [2.45, 2.75) is 5.92 Å². The van der Waals surface area contributed by atoms with Gasteiger partial charge in [-0.1, -0.05) is 24.3 Å².